The molecule has 0 saturated heterocycles. The number of carboxylic acids is 1. The highest BCUT2D eigenvalue weighted by molar-refractivity contribution is 5.98. The minimum absolute atomic E-state index is 0.00599. The number of imidazole rings is 1. The lowest BCUT2D eigenvalue weighted by Crippen LogP contribution is -2.25. The van der Waals surface area contributed by atoms with E-state index in [9.17, 15) is 9.59 Å². The van der Waals surface area contributed by atoms with Gasteiger partial charge < -0.3 is 20.7 Å². The number of amidine groups is 1. The quantitative estimate of drug-likeness (QED) is 0.207. The fourth-order valence-electron chi connectivity index (χ4n) is 3.99. The molecule has 178 valence electrons. The Hall–Kier alpha value is -4.46. The Morgan fingerprint density at radius 3 is 2.40 bits per heavy atom. The number of nitrogens with zero attached hydrogens (tertiary/aromatic N) is 2. The van der Waals surface area contributed by atoms with E-state index in [2.05, 4.69) is 22.0 Å². The van der Waals surface area contributed by atoms with E-state index < -0.39 is 5.97 Å². The van der Waals surface area contributed by atoms with E-state index in [1.807, 2.05) is 36.4 Å². The lowest BCUT2D eigenvalue weighted by atomic mass is 10.1. The lowest BCUT2D eigenvalue weighted by Gasteiger charge is -2.10. The van der Waals surface area contributed by atoms with Gasteiger partial charge in [0.05, 0.1) is 17.5 Å². The largest absolute Gasteiger partial charge is 0.481 e. The van der Waals surface area contributed by atoms with Crippen LogP contribution in [0.5, 0.6) is 0 Å². The van der Waals surface area contributed by atoms with Gasteiger partial charge in [-0.3, -0.25) is 15.0 Å². The summed E-state index contributed by atoms with van der Waals surface area (Å²) in [5, 5.41) is 19.1. The van der Waals surface area contributed by atoms with Crippen molar-refractivity contribution in [2.24, 2.45) is 5.73 Å². The number of benzene rings is 3. The minimum Gasteiger partial charge on any atom is -0.481 e. The molecule has 1 amide bonds. The van der Waals surface area contributed by atoms with Crippen LogP contribution in [0.3, 0.4) is 0 Å². The smallest absolute Gasteiger partial charge is 0.305 e. The molecule has 1 aromatic heterocycles. The Morgan fingerprint density at radius 1 is 1.00 bits per heavy atom. The summed E-state index contributed by atoms with van der Waals surface area (Å²) in [5.41, 5.74) is 10.4. The van der Waals surface area contributed by atoms with Crippen molar-refractivity contribution < 1.29 is 14.7 Å². The van der Waals surface area contributed by atoms with Crippen LogP contribution in [0.4, 0.5) is 0 Å². The number of carbonyl (C=O) groups is 2. The number of nitrogens with one attached hydrogen (secondary N) is 2. The van der Waals surface area contributed by atoms with Crippen molar-refractivity contribution in [3.05, 3.63) is 89.5 Å². The van der Waals surface area contributed by atoms with E-state index in [0.717, 1.165) is 36.3 Å². The zero-order valence-electron chi connectivity index (χ0n) is 19.2. The maximum absolute atomic E-state index is 12.5. The van der Waals surface area contributed by atoms with E-state index in [1.165, 1.54) is 5.56 Å². The van der Waals surface area contributed by atoms with E-state index in [0.29, 0.717) is 16.6 Å². The van der Waals surface area contributed by atoms with Gasteiger partial charge in [-0.05, 0) is 36.6 Å². The van der Waals surface area contributed by atoms with Crippen LogP contribution in [-0.2, 0) is 17.8 Å². The molecular formula is C27H27N5O3. The van der Waals surface area contributed by atoms with Crippen molar-refractivity contribution in [2.75, 3.05) is 6.54 Å². The van der Waals surface area contributed by atoms with Gasteiger partial charge in [0, 0.05) is 29.8 Å². The summed E-state index contributed by atoms with van der Waals surface area (Å²) in [6.45, 7) is 0.799. The Bertz CT molecular complexity index is 1360. The maximum Gasteiger partial charge on any atom is 0.305 e. The standard InChI is InChI=1S/C27H27N5O3/c28-25(29)19-8-10-20(11-9-19)26-31-22-17-21(27(35)30-15-14-24(33)34)12-13-23(22)32(26)16-4-7-18-5-2-1-3-6-18/h1-3,5-6,8-13,17H,4,7,14-16H2,(H3,28,29)(H,30,35)(H,33,34). The third-order valence-electron chi connectivity index (χ3n) is 5.78. The summed E-state index contributed by atoms with van der Waals surface area (Å²) < 4.78 is 2.15. The number of hydrogen-bond donors (Lipinski definition) is 4. The zero-order chi connectivity index (χ0) is 24.8. The molecule has 1 heterocycles. The molecule has 0 unspecified atom stereocenters. The molecule has 0 bridgehead atoms. The first kappa shape index (κ1) is 23.7. The Balaban J connectivity index is 1.64. The van der Waals surface area contributed by atoms with Crippen LogP contribution >= 0.6 is 0 Å². The molecule has 0 aliphatic rings. The van der Waals surface area contributed by atoms with Crippen LogP contribution in [0.25, 0.3) is 22.4 Å². The highest BCUT2D eigenvalue weighted by Gasteiger charge is 2.15. The van der Waals surface area contributed by atoms with Gasteiger partial charge in [0.2, 0.25) is 0 Å². The van der Waals surface area contributed by atoms with Gasteiger partial charge in [-0.1, -0.05) is 54.6 Å². The second kappa shape index (κ2) is 10.6. The van der Waals surface area contributed by atoms with Crippen LogP contribution in [0.15, 0.2) is 72.8 Å². The summed E-state index contributed by atoms with van der Waals surface area (Å²) in [5.74, 6) is -0.521. The summed E-state index contributed by atoms with van der Waals surface area (Å²) in [6, 6.07) is 23.0. The SMILES string of the molecule is N=C(N)c1ccc(-c2nc3cc(C(=O)NCCC(=O)O)ccc3n2CCCc2ccccc2)cc1. The fourth-order valence-corrected chi connectivity index (χ4v) is 3.99. The van der Waals surface area contributed by atoms with Gasteiger partial charge in [0.15, 0.2) is 0 Å². The predicted octanol–water partition coefficient (Wildman–Crippen LogP) is 3.82. The number of aliphatic carboxylic acids is 1. The first-order valence-electron chi connectivity index (χ1n) is 11.4. The molecule has 0 saturated carbocycles. The van der Waals surface area contributed by atoms with E-state index in [-0.39, 0.29) is 24.7 Å². The molecule has 8 heteroatoms. The number of nitrogens with two attached hydrogens (primary N) is 1. The summed E-state index contributed by atoms with van der Waals surface area (Å²) in [4.78, 5) is 28.0. The van der Waals surface area contributed by atoms with E-state index in [4.69, 9.17) is 21.2 Å². The third-order valence-corrected chi connectivity index (χ3v) is 5.78. The van der Waals surface area contributed by atoms with Crippen molar-refractivity contribution in [3.63, 3.8) is 0 Å². The molecule has 0 atom stereocenters. The molecule has 0 aliphatic heterocycles. The highest BCUT2D eigenvalue weighted by atomic mass is 16.4. The van der Waals surface area contributed by atoms with Gasteiger partial charge in [-0.2, -0.15) is 0 Å². The van der Waals surface area contributed by atoms with E-state index in [1.54, 1.807) is 24.3 Å². The number of rotatable bonds is 10. The second-order valence-electron chi connectivity index (χ2n) is 8.27. The molecule has 0 radical (unpaired) electrons. The lowest BCUT2D eigenvalue weighted by molar-refractivity contribution is -0.136. The first-order valence-corrected chi connectivity index (χ1v) is 11.4. The summed E-state index contributed by atoms with van der Waals surface area (Å²) in [7, 11) is 0. The molecule has 0 aliphatic carbocycles. The molecule has 5 N–H and O–H groups in total. The Labute approximate surface area is 202 Å². The van der Waals surface area contributed by atoms with Crippen LogP contribution in [0.2, 0.25) is 0 Å². The monoisotopic (exact) mass is 469 g/mol. The predicted molar refractivity (Wildman–Crippen MR) is 136 cm³/mol. The molecule has 35 heavy (non-hydrogen) atoms. The van der Waals surface area contributed by atoms with E-state index >= 15 is 0 Å². The molecule has 3 aromatic carbocycles. The minimum atomic E-state index is -0.963. The summed E-state index contributed by atoms with van der Waals surface area (Å²) >= 11 is 0. The number of carbonyl (C=O) groups excluding carboxylic acids is 1. The average molecular weight is 470 g/mol. The molecule has 8 nitrogen and oxygen atoms in total. The average Bonchev–Trinajstić information content (AvgIpc) is 3.22. The molecule has 4 rings (SSSR count). The molecule has 4 aromatic rings. The fraction of sp³-hybridized carbons (Fsp3) is 0.185. The van der Waals surface area contributed by atoms with Gasteiger partial charge in [0.25, 0.3) is 5.91 Å². The molecule has 0 spiro atoms. The first-order chi connectivity index (χ1) is 16.9. The number of hydrogen-bond acceptors (Lipinski definition) is 4. The Morgan fingerprint density at radius 2 is 1.71 bits per heavy atom. The van der Waals surface area contributed by atoms with Gasteiger partial charge in [-0.15, -0.1) is 0 Å². The van der Waals surface area contributed by atoms with Gasteiger partial charge in [-0.25, -0.2) is 4.98 Å². The van der Waals surface area contributed by atoms with Crippen molar-refractivity contribution in [2.45, 2.75) is 25.8 Å². The number of nitrogen functional groups attached to an aromatic ring is 1. The van der Waals surface area contributed by atoms with Gasteiger partial charge in [0.1, 0.15) is 11.7 Å². The number of amides is 1. The second-order valence-corrected chi connectivity index (χ2v) is 8.27. The molecular weight excluding hydrogens is 442 g/mol. The van der Waals surface area contributed by atoms with Crippen molar-refractivity contribution >= 4 is 28.7 Å². The van der Waals surface area contributed by atoms with Crippen LogP contribution in [-0.4, -0.2) is 38.9 Å². The normalized spacial score (nSPS) is 10.9. The van der Waals surface area contributed by atoms with Gasteiger partial charge >= 0.3 is 5.97 Å². The highest BCUT2D eigenvalue weighted by Crippen LogP contribution is 2.27. The topological polar surface area (TPSA) is 134 Å². The number of aromatic nitrogens is 2. The number of aryl methyl sites for hydroxylation is 2. The molecule has 0 fully saturated rings. The summed E-state index contributed by atoms with van der Waals surface area (Å²) in [6.07, 6.45) is 1.70. The van der Waals surface area contributed by atoms with Crippen molar-refractivity contribution in [1.82, 2.24) is 14.9 Å². The van der Waals surface area contributed by atoms with Crippen molar-refractivity contribution in [3.8, 4) is 11.4 Å². The number of fused-ring (bicyclic) bond motifs is 1. The number of carboxylic acid groups (broad SMARTS) is 1. The van der Waals surface area contributed by atoms with Crippen LogP contribution in [0, 0.1) is 5.41 Å². The zero-order valence-corrected chi connectivity index (χ0v) is 19.2. The van der Waals surface area contributed by atoms with Crippen molar-refractivity contribution in [1.29, 1.82) is 5.41 Å². The maximum atomic E-state index is 12.5. The Kier molecular flexibility index (Phi) is 7.21. The van der Waals surface area contributed by atoms with Crippen LogP contribution < -0.4 is 11.1 Å². The third kappa shape index (κ3) is 5.73. The van der Waals surface area contributed by atoms with Crippen LogP contribution in [0.1, 0.15) is 34.3 Å².